The highest BCUT2D eigenvalue weighted by atomic mass is 16.4. The van der Waals surface area contributed by atoms with Gasteiger partial charge in [-0.3, -0.25) is 4.79 Å². The molecule has 0 saturated carbocycles. The number of nitrogens with zero attached hydrogens (tertiary/aromatic N) is 3. The van der Waals surface area contributed by atoms with Crippen molar-refractivity contribution in [3.05, 3.63) is 53.5 Å². The summed E-state index contributed by atoms with van der Waals surface area (Å²) >= 11 is 0. The number of amides is 1. The minimum Gasteiger partial charge on any atom is -0.480 e. The minimum atomic E-state index is -1.05. The summed E-state index contributed by atoms with van der Waals surface area (Å²) in [6.07, 6.45) is 3.00. The lowest BCUT2D eigenvalue weighted by Gasteiger charge is -2.34. The van der Waals surface area contributed by atoms with Crippen LogP contribution in [0.5, 0.6) is 0 Å². The minimum absolute atomic E-state index is 0.00417. The van der Waals surface area contributed by atoms with Gasteiger partial charge in [0.25, 0.3) is 5.91 Å². The second kappa shape index (κ2) is 5.44. The second-order valence-electron chi connectivity index (χ2n) is 5.05. The van der Waals surface area contributed by atoms with Gasteiger partial charge in [0.05, 0.1) is 0 Å². The highest BCUT2D eigenvalue weighted by Crippen LogP contribution is 2.25. The van der Waals surface area contributed by atoms with Crippen LogP contribution in [0.25, 0.3) is 0 Å². The molecule has 1 unspecified atom stereocenters. The molecule has 7 heteroatoms. The molecule has 0 spiro atoms. The summed E-state index contributed by atoms with van der Waals surface area (Å²) in [7, 11) is 0. The Labute approximate surface area is 126 Å². The Bertz CT molecular complexity index is 747. The number of carboxylic acids is 1. The van der Waals surface area contributed by atoms with Crippen LogP contribution in [0, 0.1) is 0 Å². The summed E-state index contributed by atoms with van der Waals surface area (Å²) in [4.78, 5) is 33.2. The van der Waals surface area contributed by atoms with E-state index < -0.39 is 17.9 Å². The summed E-state index contributed by atoms with van der Waals surface area (Å²) in [5, 5.41) is 9.44. The largest absolute Gasteiger partial charge is 0.480 e. The molecule has 2 heterocycles. The summed E-state index contributed by atoms with van der Waals surface area (Å²) < 4.78 is 0. The molecule has 2 aromatic rings. The molecule has 0 radical (unpaired) electrons. The van der Waals surface area contributed by atoms with Gasteiger partial charge >= 0.3 is 5.97 Å². The topological polar surface area (TPSA) is 109 Å². The number of rotatable bonds is 2. The fourth-order valence-electron chi connectivity index (χ4n) is 2.61. The first-order chi connectivity index (χ1) is 10.6. The van der Waals surface area contributed by atoms with E-state index in [1.54, 1.807) is 0 Å². The average Bonchev–Trinajstić information content (AvgIpc) is 2.53. The van der Waals surface area contributed by atoms with Crippen LogP contribution in [0.1, 0.15) is 21.6 Å². The molecule has 1 atom stereocenters. The van der Waals surface area contributed by atoms with Crippen LogP contribution in [0.2, 0.25) is 0 Å². The highest BCUT2D eigenvalue weighted by molar-refractivity contribution is 5.98. The van der Waals surface area contributed by atoms with Crippen molar-refractivity contribution >= 4 is 17.7 Å². The van der Waals surface area contributed by atoms with Crippen LogP contribution in [0.4, 0.5) is 5.82 Å². The van der Waals surface area contributed by atoms with E-state index in [1.807, 2.05) is 24.3 Å². The van der Waals surface area contributed by atoms with Crippen molar-refractivity contribution in [2.75, 3.05) is 5.73 Å². The van der Waals surface area contributed by atoms with E-state index in [0.717, 1.165) is 11.1 Å². The quantitative estimate of drug-likeness (QED) is 0.845. The Balaban J connectivity index is 1.99. The van der Waals surface area contributed by atoms with Gasteiger partial charge in [0.2, 0.25) is 0 Å². The Morgan fingerprint density at radius 3 is 2.55 bits per heavy atom. The van der Waals surface area contributed by atoms with E-state index in [0.29, 0.717) is 0 Å². The van der Waals surface area contributed by atoms with Crippen LogP contribution in [0.15, 0.2) is 36.7 Å². The van der Waals surface area contributed by atoms with Crippen molar-refractivity contribution in [1.82, 2.24) is 14.9 Å². The van der Waals surface area contributed by atoms with E-state index in [1.165, 1.54) is 17.3 Å². The molecule has 0 aliphatic carbocycles. The number of anilines is 1. The third-order valence-electron chi connectivity index (χ3n) is 3.72. The lowest BCUT2D eigenvalue weighted by molar-refractivity contribution is -0.142. The number of carbonyl (C=O) groups excluding carboxylic acids is 1. The van der Waals surface area contributed by atoms with E-state index in [4.69, 9.17) is 5.73 Å². The molecule has 0 saturated heterocycles. The number of aliphatic carboxylic acids is 1. The zero-order chi connectivity index (χ0) is 15.7. The maximum atomic E-state index is 12.6. The van der Waals surface area contributed by atoms with E-state index in [2.05, 4.69) is 9.97 Å². The molecule has 0 bridgehead atoms. The zero-order valence-corrected chi connectivity index (χ0v) is 11.6. The fraction of sp³-hybridized carbons (Fsp3) is 0.200. The molecule has 7 nitrogen and oxygen atoms in total. The Morgan fingerprint density at radius 1 is 1.18 bits per heavy atom. The lowest BCUT2D eigenvalue weighted by atomic mass is 9.93. The molecule has 3 N–H and O–H groups in total. The number of aromatic nitrogens is 2. The number of hydrogen-bond donors (Lipinski definition) is 2. The summed E-state index contributed by atoms with van der Waals surface area (Å²) in [6, 6.07) is 6.54. The molecule has 1 aromatic carbocycles. The van der Waals surface area contributed by atoms with E-state index >= 15 is 0 Å². The Morgan fingerprint density at radius 2 is 1.86 bits per heavy atom. The fourth-order valence-corrected chi connectivity index (χ4v) is 2.61. The first-order valence-electron chi connectivity index (χ1n) is 6.75. The number of nitrogen functional groups attached to an aromatic ring is 1. The summed E-state index contributed by atoms with van der Waals surface area (Å²) in [5.41, 5.74) is 7.52. The molecule has 1 aliphatic rings. The van der Waals surface area contributed by atoms with Crippen molar-refractivity contribution in [3.8, 4) is 0 Å². The SMILES string of the molecule is Nc1nccnc1C(=O)N1Cc2ccccc2CC1C(=O)O. The predicted molar refractivity (Wildman–Crippen MR) is 77.9 cm³/mol. The molecule has 112 valence electrons. The van der Waals surface area contributed by atoms with E-state index in [9.17, 15) is 14.7 Å². The third-order valence-corrected chi connectivity index (χ3v) is 3.72. The second-order valence-corrected chi connectivity index (χ2v) is 5.05. The van der Waals surface area contributed by atoms with Crippen molar-refractivity contribution in [2.45, 2.75) is 19.0 Å². The van der Waals surface area contributed by atoms with Crippen LogP contribution >= 0.6 is 0 Å². The molecular formula is C15H14N4O3. The van der Waals surface area contributed by atoms with Crippen molar-refractivity contribution in [2.24, 2.45) is 0 Å². The number of nitrogens with two attached hydrogens (primary N) is 1. The standard InChI is InChI=1S/C15H14N4O3/c16-13-12(17-5-6-18-13)14(20)19-8-10-4-2-1-3-9(10)7-11(19)15(21)22/h1-6,11H,7-8H2,(H2,16,18)(H,21,22). The van der Waals surface area contributed by atoms with Gasteiger partial charge in [-0.1, -0.05) is 24.3 Å². The Hall–Kier alpha value is -2.96. The van der Waals surface area contributed by atoms with Crippen LogP contribution in [0.3, 0.4) is 0 Å². The number of fused-ring (bicyclic) bond motifs is 1. The maximum absolute atomic E-state index is 12.6. The molecule has 0 fully saturated rings. The molecule has 1 aliphatic heterocycles. The van der Waals surface area contributed by atoms with Crippen LogP contribution in [-0.4, -0.2) is 37.9 Å². The van der Waals surface area contributed by atoms with Gasteiger partial charge in [-0.15, -0.1) is 0 Å². The van der Waals surface area contributed by atoms with Crippen molar-refractivity contribution in [3.63, 3.8) is 0 Å². The molecular weight excluding hydrogens is 284 g/mol. The lowest BCUT2D eigenvalue weighted by Crippen LogP contribution is -2.49. The Kier molecular flexibility index (Phi) is 3.46. The number of hydrogen-bond acceptors (Lipinski definition) is 5. The normalized spacial score (nSPS) is 16.9. The molecule has 1 amide bonds. The van der Waals surface area contributed by atoms with Gasteiger partial charge in [0, 0.05) is 25.4 Å². The molecule has 1 aromatic heterocycles. The first kappa shape index (κ1) is 14.0. The summed E-state index contributed by atoms with van der Waals surface area (Å²) in [6.45, 7) is 0.210. The molecule has 22 heavy (non-hydrogen) atoms. The van der Waals surface area contributed by atoms with Gasteiger partial charge < -0.3 is 15.7 Å². The van der Waals surface area contributed by atoms with E-state index in [-0.39, 0.29) is 24.5 Å². The van der Waals surface area contributed by atoms with Gasteiger partial charge in [0.1, 0.15) is 6.04 Å². The van der Waals surface area contributed by atoms with Crippen LogP contribution < -0.4 is 5.73 Å². The first-order valence-corrected chi connectivity index (χ1v) is 6.75. The van der Waals surface area contributed by atoms with Crippen molar-refractivity contribution in [1.29, 1.82) is 0 Å². The van der Waals surface area contributed by atoms with Crippen molar-refractivity contribution < 1.29 is 14.7 Å². The zero-order valence-electron chi connectivity index (χ0n) is 11.6. The van der Waals surface area contributed by atoms with Gasteiger partial charge in [-0.2, -0.15) is 0 Å². The molecule has 3 rings (SSSR count). The van der Waals surface area contributed by atoms with Gasteiger partial charge in [-0.05, 0) is 11.1 Å². The average molecular weight is 298 g/mol. The van der Waals surface area contributed by atoms with Crippen LogP contribution in [-0.2, 0) is 17.8 Å². The monoisotopic (exact) mass is 298 g/mol. The third kappa shape index (κ3) is 2.37. The highest BCUT2D eigenvalue weighted by Gasteiger charge is 2.36. The van der Waals surface area contributed by atoms with Gasteiger partial charge in [0.15, 0.2) is 11.5 Å². The number of carbonyl (C=O) groups is 2. The number of benzene rings is 1. The number of carboxylic acid groups (broad SMARTS) is 1. The maximum Gasteiger partial charge on any atom is 0.326 e. The van der Waals surface area contributed by atoms with Gasteiger partial charge in [-0.25, -0.2) is 14.8 Å². The smallest absolute Gasteiger partial charge is 0.326 e. The predicted octanol–water partition coefficient (Wildman–Crippen LogP) is 0.710. The summed E-state index contributed by atoms with van der Waals surface area (Å²) in [5.74, 6) is -1.58.